The van der Waals surface area contributed by atoms with E-state index in [1.165, 1.54) is 0 Å². The summed E-state index contributed by atoms with van der Waals surface area (Å²) in [6, 6.07) is 9.87. The number of alkyl halides is 1. The van der Waals surface area contributed by atoms with Crippen LogP contribution >= 0.6 is 11.6 Å². The van der Waals surface area contributed by atoms with E-state index >= 15 is 0 Å². The van der Waals surface area contributed by atoms with Crippen molar-refractivity contribution in [3.63, 3.8) is 0 Å². The summed E-state index contributed by atoms with van der Waals surface area (Å²) >= 11 is 5.79. The molecule has 0 amide bonds. The minimum atomic E-state index is -3.29. The Balaban J connectivity index is 2.19. The Hall–Kier alpha value is -0.580. The second kappa shape index (κ2) is 7.12. The fourth-order valence-corrected chi connectivity index (χ4v) is 4.86. The largest absolute Gasteiger partial charge is 0.214 e. The average Bonchev–Trinajstić information content (AvgIpc) is 3.29. The van der Waals surface area contributed by atoms with Crippen LogP contribution in [0.5, 0.6) is 0 Å². The zero-order valence-electron chi connectivity index (χ0n) is 12.7. The van der Waals surface area contributed by atoms with E-state index in [9.17, 15) is 8.42 Å². The lowest BCUT2D eigenvalue weighted by Crippen LogP contribution is -2.41. The normalized spacial score (nSPS) is 18.7. The van der Waals surface area contributed by atoms with Crippen molar-refractivity contribution < 1.29 is 8.42 Å². The first kappa shape index (κ1) is 16.8. The second-order valence-corrected chi connectivity index (χ2v) is 8.42. The molecule has 118 valence electrons. The zero-order valence-corrected chi connectivity index (χ0v) is 14.3. The summed E-state index contributed by atoms with van der Waals surface area (Å²) < 4.78 is 27.2. The number of benzene rings is 1. The van der Waals surface area contributed by atoms with Gasteiger partial charge in [0.2, 0.25) is 10.0 Å². The van der Waals surface area contributed by atoms with Crippen LogP contribution in [-0.4, -0.2) is 30.4 Å². The van der Waals surface area contributed by atoms with Crippen molar-refractivity contribution >= 4 is 21.6 Å². The van der Waals surface area contributed by atoms with Gasteiger partial charge in [0.15, 0.2) is 0 Å². The van der Waals surface area contributed by atoms with Crippen molar-refractivity contribution in [3.8, 4) is 0 Å². The van der Waals surface area contributed by atoms with Gasteiger partial charge in [0, 0.05) is 18.5 Å². The van der Waals surface area contributed by atoms with E-state index < -0.39 is 10.0 Å². The van der Waals surface area contributed by atoms with E-state index in [2.05, 4.69) is 0 Å². The van der Waals surface area contributed by atoms with Gasteiger partial charge in [-0.15, -0.1) is 11.6 Å². The Labute approximate surface area is 133 Å². The molecule has 0 aromatic heterocycles. The molecule has 1 aliphatic carbocycles. The molecule has 0 saturated heterocycles. The summed E-state index contributed by atoms with van der Waals surface area (Å²) in [6.45, 7) is 4.37. The van der Waals surface area contributed by atoms with Crippen LogP contribution in [0.2, 0.25) is 0 Å². The summed E-state index contributed by atoms with van der Waals surface area (Å²) in [4.78, 5) is 0. The third-order valence-corrected chi connectivity index (χ3v) is 6.75. The first-order chi connectivity index (χ1) is 9.94. The van der Waals surface area contributed by atoms with Crippen LogP contribution in [0, 0.1) is 11.8 Å². The van der Waals surface area contributed by atoms with Gasteiger partial charge in [-0.1, -0.05) is 37.3 Å². The highest BCUT2D eigenvalue weighted by atomic mass is 35.5. The van der Waals surface area contributed by atoms with Crippen LogP contribution in [0.15, 0.2) is 30.3 Å². The van der Waals surface area contributed by atoms with Crippen LogP contribution in [0.3, 0.4) is 0 Å². The van der Waals surface area contributed by atoms with Crippen molar-refractivity contribution in [2.45, 2.75) is 39.3 Å². The smallest absolute Gasteiger partial charge is 0.212 e. The Morgan fingerprint density at radius 1 is 1.24 bits per heavy atom. The lowest BCUT2D eigenvalue weighted by Gasteiger charge is -2.29. The van der Waals surface area contributed by atoms with Gasteiger partial charge in [-0.2, -0.15) is 4.31 Å². The zero-order chi connectivity index (χ0) is 15.5. The molecule has 2 atom stereocenters. The Kier molecular flexibility index (Phi) is 5.69. The summed E-state index contributed by atoms with van der Waals surface area (Å²) in [5, 5.41) is 0. The number of hydrogen-bond acceptors (Lipinski definition) is 2. The van der Waals surface area contributed by atoms with Crippen molar-refractivity contribution in [3.05, 3.63) is 35.9 Å². The monoisotopic (exact) mass is 329 g/mol. The van der Waals surface area contributed by atoms with E-state index in [4.69, 9.17) is 11.6 Å². The molecule has 1 aromatic carbocycles. The Bertz CT molecular complexity index is 543. The highest BCUT2D eigenvalue weighted by Gasteiger charge is 2.37. The standard InChI is InChI=1S/C16H24ClNO2S/c1-13(10-17)12-21(19,20)18(14(2)16-8-9-16)11-15-6-4-3-5-7-15/h3-7,13-14,16H,8-12H2,1-2H3. The second-order valence-electron chi connectivity index (χ2n) is 6.15. The average molecular weight is 330 g/mol. The molecular formula is C16H24ClNO2S. The molecule has 1 saturated carbocycles. The number of nitrogens with zero attached hydrogens (tertiary/aromatic N) is 1. The molecular weight excluding hydrogens is 306 g/mol. The van der Waals surface area contributed by atoms with Crippen molar-refractivity contribution in [2.24, 2.45) is 11.8 Å². The number of rotatable bonds is 8. The molecule has 3 nitrogen and oxygen atoms in total. The van der Waals surface area contributed by atoms with Gasteiger partial charge in [0.1, 0.15) is 0 Å². The fourth-order valence-electron chi connectivity index (χ4n) is 2.57. The van der Waals surface area contributed by atoms with Crippen LogP contribution in [0.4, 0.5) is 0 Å². The molecule has 2 rings (SSSR count). The molecule has 0 bridgehead atoms. The fraction of sp³-hybridized carbons (Fsp3) is 0.625. The summed E-state index contributed by atoms with van der Waals surface area (Å²) in [5.74, 6) is 0.979. The summed E-state index contributed by atoms with van der Waals surface area (Å²) in [6.07, 6.45) is 2.26. The van der Waals surface area contributed by atoms with E-state index in [0.717, 1.165) is 18.4 Å². The molecule has 21 heavy (non-hydrogen) atoms. The van der Waals surface area contributed by atoms with Gasteiger partial charge < -0.3 is 0 Å². The third-order valence-electron chi connectivity index (χ3n) is 4.06. The van der Waals surface area contributed by atoms with E-state index in [-0.39, 0.29) is 17.7 Å². The lowest BCUT2D eigenvalue weighted by molar-refractivity contribution is 0.301. The SMILES string of the molecule is CC(CCl)CS(=O)(=O)N(Cc1ccccc1)C(C)C1CC1. The van der Waals surface area contributed by atoms with Gasteiger partial charge in [-0.25, -0.2) is 8.42 Å². The molecule has 1 fully saturated rings. The van der Waals surface area contributed by atoms with Crippen molar-refractivity contribution in [2.75, 3.05) is 11.6 Å². The number of sulfonamides is 1. The predicted molar refractivity (Wildman–Crippen MR) is 87.8 cm³/mol. The molecule has 0 N–H and O–H groups in total. The maximum Gasteiger partial charge on any atom is 0.214 e. The first-order valence-electron chi connectivity index (χ1n) is 7.53. The van der Waals surface area contributed by atoms with Gasteiger partial charge in [-0.3, -0.25) is 0 Å². The topological polar surface area (TPSA) is 37.4 Å². The molecule has 2 unspecified atom stereocenters. The highest BCUT2D eigenvalue weighted by molar-refractivity contribution is 7.89. The number of halogens is 1. The number of hydrogen-bond donors (Lipinski definition) is 0. The molecule has 0 radical (unpaired) electrons. The Morgan fingerprint density at radius 2 is 1.86 bits per heavy atom. The quantitative estimate of drug-likeness (QED) is 0.685. The first-order valence-corrected chi connectivity index (χ1v) is 9.68. The summed E-state index contributed by atoms with van der Waals surface area (Å²) in [5.41, 5.74) is 1.03. The maximum atomic E-state index is 12.7. The van der Waals surface area contributed by atoms with Crippen LogP contribution in [0.1, 0.15) is 32.3 Å². The molecule has 5 heteroatoms. The third kappa shape index (κ3) is 4.70. The van der Waals surface area contributed by atoms with Gasteiger partial charge in [0.05, 0.1) is 5.75 Å². The van der Waals surface area contributed by atoms with E-state index in [1.54, 1.807) is 4.31 Å². The summed E-state index contributed by atoms with van der Waals surface area (Å²) in [7, 11) is -3.29. The predicted octanol–water partition coefficient (Wildman–Crippen LogP) is 3.49. The minimum Gasteiger partial charge on any atom is -0.212 e. The van der Waals surface area contributed by atoms with Gasteiger partial charge >= 0.3 is 0 Å². The molecule has 0 heterocycles. The van der Waals surface area contributed by atoms with Crippen molar-refractivity contribution in [1.82, 2.24) is 4.31 Å². The van der Waals surface area contributed by atoms with E-state index in [1.807, 2.05) is 44.2 Å². The molecule has 0 spiro atoms. The lowest BCUT2D eigenvalue weighted by atomic mass is 10.2. The molecule has 1 aliphatic rings. The van der Waals surface area contributed by atoms with E-state index in [0.29, 0.717) is 18.3 Å². The Morgan fingerprint density at radius 3 is 2.38 bits per heavy atom. The minimum absolute atomic E-state index is 0.0265. The molecule has 0 aliphatic heterocycles. The highest BCUT2D eigenvalue weighted by Crippen LogP contribution is 2.37. The van der Waals surface area contributed by atoms with Gasteiger partial charge in [-0.05, 0) is 37.2 Å². The van der Waals surface area contributed by atoms with Crippen LogP contribution in [0.25, 0.3) is 0 Å². The van der Waals surface area contributed by atoms with Crippen LogP contribution < -0.4 is 0 Å². The van der Waals surface area contributed by atoms with Crippen LogP contribution in [-0.2, 0) is 16.6 Å². The molecule has 1 aromatic rings. The maximum absolute atomic E-state index is 12.7. The van der Waals surface area contributed by atoms with Crippen molar-refractivity contribution in [1.29, 1.82) is 0 Å². The van der Waals surface area contributed by atoms with Gasteiger partial charge in [0.25, 0.3) is 0 Å².